The van der Waals surface area contributed by atoms with Crippen LogP contribution < -0.4 is 0 Å². The molecule has 0 fully saturated rings. The Hall–Kier alpha value is -1.77. The molecule has 3 atom stereocenters. The summed E-state index contributed by atoms with van der Waals surface area (Å²) in [5, 5.41) is 10.5. The van der Waals surface area contributed by atoms with Crippen LogP contribution in [0.5, 0.6) is 0 Å². The SMILES string of the molecule is CC[C@@H]1c2cn[nH]c2C(N=O)[C@H](CC)N1S(=O)(=O)c1ccc(Cl)cc1. The van der Waals surface area contributed by atoms with Crippen molar-refractivity contribution < 1.29 is 8.42 Å². The molecule has 25 heavy (non-hydrogen) atoms. The topological polar surface area (TPSA) is 95.5 Å². The molecular formula is C16H19ClN4O3S. The highest BCUT2D eigenvalue weighted by Gasteiger charge is 2.47. The Labute approximate surface area is 151 Å². The van der Waals surface area contributed by atoms with E-state index in [0.717, 1.165) is 0 Å². The van der Waals surface area contributed by atoms with Gasteiger partial charge >= 0.3 is 0 Å². The second-order valence-corrected chi connectivity index (χ2v) is 8.26. The summed E-state index contributed by atoms with van der Waals surface area (Å²) in [6.07, 6.45) is 2.59. The maximum absolute atomic E-state index is 13.3. The molecular weight excluding hydrogens is 364 g/mol. The summed E-state index contributed by atoms with van der Waals surface area (Å²) < 4.78 is 28.1. The van der Waals surface area contributed by atoms with Crippen molar-refractivity contribution in [2.24, 2.45) is 5.18 Å². The van der Waals surface area contributed by atoms with Gasteiger partial charge in [-0.1, -0.05) is 30.6 Å². The van der Waals surface area contributed by atoms with Crippen molar-refractivity contribution in [1.29, 1.82) is 0 Å². The van der Waals surface area contributed by atoms with Crippen LogP contribution in [-0.4, -0.2) is 29.0 Å². The number of sulfonamides is 1. The number of H-pyrrole nitrogens is 1. The van der Waals surface area contributed by atoms with Crippen LogP contribution in [0.15, 0.2) is 40.5 Å². The first-order chi connectivity index (χ1) is 12.0. The number of nitrogens with one attached hydrogen (secondary N) is 1. The Balaban J connectivity index is 2.18. The molecule has 0 saturated carbocycles. The minimum atomic E-state index is -3.83. The van der Waals surface area contributed by atoms with E-state index < -0.39 is 28.1 Å². The molecule has 2 heterocycles. The molecule has 0 radical (unpaired) electrons. The number of rotatable bonds is 5. The Kier molecular flexibility index (Phi) is 4.95. The van der Waals surface area contributed by atoms with Gasteiger partial charge < -0.3 is 0 Å². The van der Waals surface area contributed by atoms with Gasteiger partial charge in [-0.05, 0) is 37.1 Å². The summed E-state index contributed by atoms with van der Waals surface area (Å²) in [4.78, 5) is 11.6. The highest BCUT2D eigenvalue weighted by atomic mass is 35.5. The average Bonchev–Trinajstić information content (AvgIpc) is 3.09. The number of aromatic nitrogens is 2. The zero-order chi connectivity index (χ0) is 18.2. The molecule has 1 aromatic carbocycles. The maximum atomic E-state index is 13.3. The molecule has 0 amide bonds. The molecule has 1 unspecified atom stereocenters. The molecule has 1 aromatic heterocycles. The minimum absolute atomic E-state index is 0.144. The number of nitroso groups, excluding NO2 is 1. The number of benzene rings is 1. The number of fused-ring (bicyclic) bond motifs is 1. The van der Waals surface area contributed by atoms with Gasteiger partial charge in [-0.25, -0.2) is 8.42 Å². The Morgan fingerprint density at radius 2 is 1.92 bits per heavy atom. The van der Waals surface area contributed by atoms with E-state index in [4.69, 9.17) is 11.6 Å². The molecule has 134 valence electrons. The smallest absolute Gasteiger partial charge is 0.243 e. The van der Waals surface area contributed by atoms with Crippen LogP contribution in [0.25, 0.3) is 0 Å². The first-order valence-electron chi connectivity index (χ1n) is 8.10. The highest BCUT2D eigenvalue weighted by molar-refractivity contribution is 7.89. The Bertz CT molecular complexity index is 866. The first kappa shape index (κ1) is 18.0. The van der Waals surface area contributed by atoms with Gasteiger partial charge in [0.1, 0.15) is 0 Å². The molecule has 0 aliphatic carbocycles. The third-order valence-electron chi connectivity index (χ3n) is 4.66. The molecule has 1 aliphatic heterocycles. The minimum Gasteiger partial charge on any atom is -0.280 e. The predicted octanol–water partition coefficient (Wildman–Crippen LogP) is 3.80. The molecule has 3 rings (SSSR count). The largest absolute Gasteiger partial charge is 0.280 e. The summed E-state index contributed by atoms with van der Waals surface area (Å²) in [5.41, 5.74) is 1.31. The van der Waals surface area contributed by atoms with Crippen molar-refractivity contribution in [2.75, 3.05) is 0 Å². The van der Waals surface area contributed by atoms with Crippen molar-refractivity contribution in [2.45, 2.75) is 49.7 Å². The summed E-state index contributed by atoms with van der Waals surface area (Å²) >= 11 is 5.88. The van der Waals surface area contributed by atoms with Crippen molar-refractivity contribution in [3.8, 4) is 0 Å². The normalized spacial score (nSPS) is 24.0. The van der Waals surface area contributed by atoms with Gasteiger partial charge in [-0.3, -0.25) is 5.10 Å². The lowest BCUT2D eigenvalue weighted by Gasteiger charge is -2.41. The number of hydrogen-bond donors (Lipinski definition) is 1. The van der Waals surface area contributed by atoms with E-state index in [2.05, 4.69) is 15.4 Å². The van der Waals surface area contributed by atoms with E-state index in [1.807, 2.05) is 13.8 Å². The van der Waals surface area contributed by atoms with Crippen molar-refractivity contribution in [1.82, 2.24) is 14.5 Å². The average molecular weight is 383 g/mol. The second kappa shape index (κ2) is 6.86. The number of halogens is 1. The van der Waals surface area contributed by atoms with Crippen LogP contribution in [0.3, 0.4) is 0 Å². The fourth-order valence-electron chi connectivity index (χ4n) is 3.51. The quantitative estimate of drug-likeness (QED) is 0.795. The van der Waals surface area contributed by atoms with Gasteiger partial charge in [0.2, 0.25) is 10.0 Å². The molecule has 0 saturated heterocycles. The lowest BCUT2D eigenvalue weighted by atomic mass is 9.90. The van der Waals surface area contributed by atoms with E-state index in [9.17, 15) is 13.3 Å². The van der Waals surface area contributed by atoms with E-state index in [0.29, 0.717) is 29.1 Å². The Morgan fingerprint density at radius 1 is 1.24 bits per heavy atom. The van der Waals surface area contributed by atoms with Crippen molar-refractivity contribution in [3.63, 3.8) is 0 Å². The predicted molar refractivity (Wildman–Crippen MR) is 94.7 cm³/mol. The third-order valence-corrected chi connectivity index (χ3v) is 6.86. The maximum Gasteiger partial charge on any atom is 0.243 e. The molecule has 1 aliphatic rings. The Morgan fingerprint density at radius 3 is 2.48 bits per heavy atom. The van der Waals surface area contributed by atoms with E-state index in [-0.39, 0.29) is 4.90 Å². The zero-order valence-electron chi connectivity index (χ0n) is 13.9. The van der Waals surface area contributed by atoms with Gasteiger partial charge in [0, 0.05) is 10.6 Å². The lowest BCUT2D eigenvalue weighted by Crippen LogP contribution is -2.48. The van der Waals surface area contributed by atoms with Gasteiger partial charge in [-0.2, -0.15) is 14.3 Å². The van der Waals surface area contributed by atoms with Crippen molar-refractivity contribution >= 4 is 21.6 Å². The van der Waals surface area contributed by atoms with Crippen LogP contribution in [0, 0.1) is 4.91 Å². The van der Waals surface area contributed by atoms with Crippen LogP contribution in [0.2, 0.25) is 5.02 Å². The lowest BCUT2D eigenvalue weighted by molar-refractivity contribution is 0.188. The van der Waals surface area contributed by atoms with Crippen LogP contribution in [0.1, 0.15) is 50.0 Å². The molecule has 0 spiro atoms. The zero-order valence-corrected chi connectivity index (χ0v) is 15.5. The molecule has 2 aromatic rings. The van der Waals surface area contributed by atoms with Crippen LogP contribution in [0.4, 0.5) is 0 Å². The van der Waals surface area contributed by atoms with Gasteiger partial charge in [0.25, 0.3) is 0 Å². The third kappa shape index (κ3) is 2.88. The molecule has 9 heteroatoms. The van der Waals surface area contributed by atoms with Crippen molar-refractivity contribution in [3.05, 3.63) is 51.6 Å². The van der Waals surface area contributed by atoms with Crippen LogP contribution >= 0.6 is 11.6 Å². The summed E-state index contributed by atoms with van der Waals surface area (Å²) in [6.45, 7) is 3.76. The van der Waals surface area contributed by atoms with Gasteiger partial charge in [0.15, 0.2) is 6.04 Å². The van der Waals surface area contributed by atoms with E-state index >= 15 is 0 Å². The second-order valence-electron chi connectivity index (χ2n) is 5.98. The molecule has 0 bridgehead atoms. The van der Waals surface area contributed by atoms with Gasteiger partial charge in [0.05, 0.1) is 28.9 Å². The summed E-state index contributed by atoms with van der Waals surface area (Å²) in [5.74, 6) is 0. The van der Waals surface area contributed by atoms with E-state index in [1.54, 1.807) is 18.3 Å². The standard InChI is InChI=1S/C16H19ClN4O3S/c1-3-13-12-9-18-19-15(12)16(20-22)14(4-2)21(13)25(23,24)11-7-5-10(17)6-8-11/h5-9,13-14,16H,3-4H2,1-2H3,(H,18,19)/t13-,14+,16?/m1/s1. The van der Waals surface area contributed by atoms with E-state index in [1.165, 1.54) is 16.4 Å². The first-order valence-corrected chi connectivity index (χ1v) is 9.92. The van der Waals surface area contributed by atoms with Crippen LogP contribution in [-0.2, 0) is 10.0 Å². The number of hydrogen-bond acceptors (Lipinski definition) is 5. The fraction of sp³-hybridized carbons (Fsp3) is 0.438. The monoisotopic (exact) mass is 382 g/mol. The molecule has 1 N–H and O–H groups in total. The highest BCUT2D eigenvalue weighted by Crippen LogP contribution is 2.45. The fourth-order valence-corrected chi connectivity index (χ4v) is 5.58. The summed E-state index contributed by atoms with van der Waals surface area (Å²) in [6, 6.07) is 4.25. The molecule has 7 nitrogen and oxygen atoms in total. The number of nitrogens with zero attached hydrogens (tertiary/aromatic N) is 3. The summed E-state index contributed by atoms with van der Waals surface area (Å²) in [7, 11) is -3.83. The number of aromatic amines is 1. The van der Waals surface area contributed by atoms with Gasteiger partial charge in [-0.15, -0.1) is 0 Å².